The molecule has 0 rings (SSSR count). The lowest BCUT2D eigenvalue weighted by atomic mass is 10.0. The van der Waals surface area contributed by atoms with Crippen molar-refractivity contribution in [1.29, 1.82) is 0 Å². The summed E-state index contributed by atoms with van der Waals surface area (Å²) in [6, 6.07) is 0. The molecule has 0 aromatic carbocycles. The molecule has 0 amide bonds. The van der Waals surface area contributed by atoms with Gasteiger partial charge in [-0.3, -0.25) is 14.4 Å². The number of unbranched alkanes of at least 4 members (excludes halogenated alkanes) is 21. The Bertz CT molecular complexity index is 1810. The van der Waals surface area contributed by atoms with Gasteiger partial charge in [0.25, 0.3) is 0 Å². The smallest absolute Gasteiger partial charge is 0.306 e. The monoisotopic (exact) mass is 1120 g/mol. The molecular formula is C75H120O6. The van der Waals surface area contributed by atoms with Gasteiger partial charge >= 0.3 is 17.9 Å². The summed E-state index contributed by atoms with van der Waals surface area (Å²) in [7, 11) is 0. The third kappa shape index (κ3) is 65.7. The summed E-state index contributed by atoms with van der Waals surface area (Å²) in [4.78, 5) is 38.2. The number of esters is 3. The van der Waals surface area contributed by atoms with Gasteiger partial charge in [-0.25, -0.2) is 0 Å². The van der Waals surface area contributed by atoms with E-state index in [-0.39, 0.29) is 37.5 Å². The van der Waals surface area contributed by atoms with E-state index in [0.717, 1.165) is 135 Å². The van der Waals surface area contributed by atoms with Crippen LogP contribution in [0.15, 0.2) is 158 Å². The fraction of sp³-hybridized carbons (Fsp3) is 0.613. The van der Waals surface area contributed by atoms with Crippen molar-refractivity contribution >= 4 is 17.9 Å². The molecule has 0 N–H and O–H groups in total. The molecule has 0 heterocycles. The highest BCUT2D eigenvalue weighted by Crippen LogP contribution is 2.15. The Balaban J connectivity index is 4.26. The summed E-state index contributed by atoms with van der Waals surface area (Å²) in [5.41, 5.74) is 0. The molecule has 0 aliphatic heterocycles. The number of rotatable bonds is 58. The molecule has 0 fully saturated rings. The molecule has 0 aromatic heterocycles. The first-order chi connectivity index (χ1) is 40.0. The summed E-state index contributed by atoms with van der Waals surface area (Å²) < 4.78 is 16.8. The highest BCUT2D eigenvalue weighted by molar-refractivity contribution is 5.71. The number of ether oxygens (including phenoxy) is 3. The summed E-state index contributed by atoms with van der Waals surface area (Å²) in [5, 5.41) is 0. The van der Waals surface area contributed by atoms with Crippen molar-refractivity contribution < 1.29 is 28.6 Å². The van der Waals surface area contributed by atoms with E-state index >= 15 is 0 Å². The molecule has 0 saturated heterocycles. The second-order valence-corrected chi connectivity index (χ2v) is 21.3. The minimum Gasteiger partial charge on any atom is -0.462 e. The fourth-order valence-electron chi connectivity index (χ4n) is 8.66. The van der Waals surface area contributed by atoms with E-state index in [9.17, 15) is 14.4 Å². The summed E-state index contributed by atoms with van der Waals surface area (Å²) in [6.45, 7) is 6.35. The predicted octanol–water partition coefficient (Wildman–Crippen LogP) is 22.9. The van der Waals surface area contributed by atoms with Gasteiger partial charge < -0.3 is 14.2 Å². The van der Waals surface area contributed by atoms with Gasteiger partial charge in [0.2, 0.25) is 0 Å². The predicted molar refractivity (Wildman–Crippen MR) is 352 cm³/mol. The zero-order valence-corrected chi connectivity index (χ0v) is 52.2. The van der Waals surface area contributed by atoms with Crippen molar-refractivity contribution in [3.05, 3.63) is 158 Å². The SMILES string of the molecule is CC/C=C\C/C=C\C/C=C\C/C=C\C/C=C\C/C=C\C/C=C\CCCCCCCCCCCCCC(=O)OCC(COC(=O)CCCCCCCCCCC)OC(=O)CCCC/C=C\C/C=C\C/C=C\C/C=C\C/C=C\C/C=C\CC. The molecule has 0 aliphatic rings. The number of carbonyl (C=O) groups excluding carboxylic acids is 3. The number of carbonyl (C=O) groups is 3. The molecule has 1 atom stereocenters. The molecule has 1 unspecified atom stereocenters. The van der Waals surface area contributed by atoms with E-state index in [1.165, 1.54) is 96.3 Å². The zero-order valence-electron chi connectivity index (χ0n) is 52.2. The van der Waals surface area contributed by atoms with Crippen molar-refractivity contribution in [3.63, 3.8) is 0 Å². The molecule has 0 bridgehead atoms. The van der Waals surface area contributed by atoms with Gasteiger partial charge in [-0.15, -0.1) is 0 Å². The fourth-order valence-corrected chi connectivity index (χ4v) is 8.66. The molecule has 0 aromatic rings. The van der Waals surface area contributed by atoms with Crippen molar-refractivity contribution in [2.75, 3.05) is 13.2 Å². The zero-order chi connectivity index (χ0) is 58.5. The third-order valence-corrected chi connectivity index (χ3v) is 13.5. The summed E-state index contributed by atoms with van der Waals surface area (Å²) >= 11 is 0. The quantitative estimate of drug-likeness (QED) is 0.0261. The van der Waals surface area contributed by atoms with Crippen molar-refractivity contribution in [2.45, 2.75) is 284 Å². The van der Waals surface area contributed by atoms with Crippen LogP contribution < -0.4 is 0 Å². The van der Waals surface area contributed by atoms with Crippen LogP contribution in [0.25, 0.3) is 0 Å². The first kappa shape index (κ1) is 76.0. The van der Waals surface area contributed by atoms with Crippen LogP contribution in [0, 0.1) is 0 Å². The number of allylic oxidation sites excluding steroid dienone is 26. The first-order valence-electron chi connectivity index (χ1n) is 33.0. The largest absolute Gasteiger partial charge is 0.462 e. The van der Waals surface area contributed by atoms with E-state index in [1.807, 2.05) is 0 Å². The third-order valence-electron chi connectivity index (χ3n) is 13.5. The van der Waals surface area contributed by atoms with Gasteiger partial charge in [-0.1, -0.05) is 288 Å². The number of hydrogen-bond acceptors (Lipinski definition) is 6. The van der Waals surface area contributed by atoms with E-state index in [1.54, 1.807) is 0 Å². The maximum absolute atomic E-state index is 12.9. The van der Waals surface area contributed by atoms with E-state index in [0.29, 0.717) is 19.3 Å². The lowest BCUT2D eigenvalue weighted by Crippen LogP contribution is -2.30. The highest BCUT2D eigenvalue weighted by atomic mass is 16.6. The Hall–Kier alpha value is -4.97. The summed E-state index contributed by atoms with van der Waals surface area (Å²) in [5.74, 6) is -0.951. The maximum Gasteiger partial charge on any atom is 0.306 e. The molecule has 81 heavy (non-hydrogen) atoms. The summed E-state index contributed by atoms with van der Waals surface area (Å²) in [6.07, 6.45) is 98.4. The number of hydrogen-bond donors (Lipinski definition) is 0. The van der Waals surface area contributed by atoms with Crippen LogP contribution in [0.2, 0.25) is 0 Å². The van der Waals surface area contributed by atoms with Gasteiger partial charge in [-0.2, -0.15) is 0 Å². The van der Waals surface area contributed by atoms with Crippen molar-refractivity contribution in [2.24, 2.45) is 0 Å². The van der Waals surface area contributed by atoms with Gasteiger partial charge in [0, 0.05) is 19.3 Å². The van der Waals surface area contributed by atoms with Gasteiger partial charge in [0.1, 0.15) is 13.2 Å². The molecular weight excluding hydrogens is 997 g/mol. The average molecular weight is 1120 g/mol. The molecule has 6 heteroatoms. The van der Waals surface area contributed by atoms with E-state index in [4.69, 9.17) is 14.2 Å². The first-order valence-corrected chi connectivity index (χ1v) is 33.0. The minimum atomic E-state index is -0.807. The Kier molecular flexibility index (Phi) is 63.4. The minimum absolute atomic E-state index is 0.0997. The van der Waals surface area contributed by atoms with Crippen molar-refractivity contribution in [3.8, 4) is 0 Å². The van der Waals surface area contributed by atoms with Crippen molar-refractivity contribution in [1.82, 2.24) is 0 Å². The highest BCUT2D eigenvalue weighted by Gasteiger charge is 2.19. The lowest BCUT2D eigenvalue weighted by molar-refractivity contribution is -0.167. The Morgan fingerprint density at radius 3 is 0.778 bits per heavy atom. The van der Waals surface area contributed by atoms with Gasteiger partial charge in [0.05, 0.1) is 0 Å². The van der Waals surface area contributed by atoms with Crippen LogP contribution in [-0.4, -0.2) is 37.2 Å². The molecule has 0 spiro atoms. The van der Waals surface area contributed by atoms with Crippen LogP contribution in [-0.2, 0) is 28.6 Å². The maximum atomic E-state index is 12.9. The average Bonchev–Trinajstić information content (AvgIpc) is 3.47. The molecule has 0 aliphatic carbocycles. The van der Waals surface area contributed by atoms with Gasteiger partial charge in [0.15, 0.2) is 6.10 Å². The lowest BCUT2D eigenvalue weighted by Gasteiger charge is -2.18. The molecule has 456 valence electrons. The van der Waals surface area contributed by atoms with E-state index in [2.05, 4.69) is 179 Å². The Morgan fingerprint density at radius 2 is 0.481 bits per heavy atom. The Labute approximate surface area is 499 Å². The second-order valence-electron chi connectivity index (χ2n) is 21.3. The topological polar surface area (TPSA) is 78.9 Å². The van der Waals surface area contributed by atoms with Crippen LogP contribution in [0.1, 0.15) is 278 Å². The van der Waals surface area contributed by atoms with Gasteiger partial charge in [-0.05, 0) is 128 Å². The Morgan fingerprint density at radius 1 is 0.259 bits per heavy atom. The molecule has 0 saturated carbocycles. The van der Waals surface area contributed by atoms with Crippen LogP contribution in [0.5, 0.6) is 0 Å². The standard InChI is InChI=1S/C75H120O6/c1-4-7-10-13-16-19-21-23-25-27-29-31-32-33-34-35-36-37-38-39-40-41-42-44-45-47-49-51-53-56-59-62-65-68-74(77)80-71-72(70-79-73(76)67-64-61-58-55-18-15-12-9-6-3)81-75(78)69-66-63-60-57-54-52-50-48-46-43-30-28-26-24-22-20-17-14-11-8-5-2/h7-8,10-11,16-17,19-20,23-26,29-31,33-34,36-37,39-40,43,48,50,54,57,72H,4-6,9,12-15,18,21-22,27-28,32,35,38,41-42,44-47,49,51-53,55-56,58-71H2,1-3H3/b10-7-,11-8-,19-16-,20-17-,25-23-,26-24-,31-29-,34-33-,37-36-,40-39-,43-30-,50-48-,57-54-. The molecule has 6 nitrogen and oxygen atoms in total. The van der Waals surface area contributed by atoms with E-state index < -0.39 is 6.10 Å². The van der Waals surface area contributed by atoms with Crippen LogP contribution in [0.3, 0.4) is 0 Å². The second kappa shape index (κ2) is 67.5. The van der Waals surface area contributed by atoms with Crippen LogP contribution in [0.4, 0.5) is 0 Å². The van der Waals surface area contributed by atoms with Crippen LogP contribution >= 0.6 is 0 Å². The molecule has 0 radical (unpaired) electrons. The normalized spacial score (nSPS) is 13.2.